The van der Waals surface area contributed by atoms with Crippen LogP contribution in [0.5, 0.6) is 0 Å². The molecule has 23 heavy (non-hydrogen) atoms. The van der Waals surface area contributed by atoms with Gasteiger partial charge in [-0.15, -0.1) is 62.5 Å². The molecule has 8 unspecified atom stereocenters. The predicted octanol–water partition coefficient (Wildman–Crippen LogP) is 9.48. The normalized spacial score (nSPS) is 11.5. The Hall–Kier alpha value is 3.87. The Bertz CT molecular complexity index is 451. The molecule has 8 atom stereocenters. The van der Waals surface area contributed by atoms with Crippen molar-refractivity contribution in [1.29, 1.82) is 5.26 Å². The van der Waals surface area contributed by atoms with E-state index in [4.69, 9.17) is 5.26 Å². The molecular formula is C10H27NP12. The molecule has 0 aliphatic heterocycles. The highest BCUT2D eigenvalue weighted by atomic mass is 33.3. The fraction of sp³-hybridized carbons (Fsp3) is 0.300. The number of hydrogen-bond acceptors (Lipinski definition) is 1. The molecule has 0 N–H and O–H groups in total. The Balaban J connectivity index is 0. The standard InChI is InChI=1S/C8H7N.C2H6.H14P12/c1-7-4-2-3-5-8(7)6-9;1-2;1-8(2)11(7)12(9(3)4)10(5)6/h2-5H,1H3;1-2H3;1-7H2. The summed E-state index contributed by atoms with van der Waals surface area (Å²) >= 11 is 0. The van der Waals surface area contributed by atoms with E-state index in [2.05, 4.69) is 68.6 Å². The maximum absolute atomic E-state index is 8.47. The highest BCUT2D eigenvalue weighted by Crippen LogP contribution is 3.16. The molecule has 132 valence electrons. The molecule has 0 radical (unpaired) electrons. The van der Waals surface area contributed by atoms with Crippen molar-refractivity contribution in [3.8, 4) is 6.07 Å². The van der Waals surface area contributed by atoms with Crippen molar-refractivity contribution in [2.24, 2.45) is 0 Å². The molecule has 0 aromatic heterocycles. The summed E-state index contributed by atoms with van der Waals surface area (Å²) in [6, 6.07) is 9.63. The van der Waals surface area contributed by atoms with Crippen LogP contribution in [0.1, 0.15) is 25.0 Å². The fourth-order valence-electron chi connectivity index (χ4n) is 1.12. The van der Waals surface area contributed by atoms with Gasteiger partial charge in [-0.2, -0.15) is 5.26 Å². The summed E-state index contributed by atoms with van der Waals surface area (Å²) in [5, 5.41) is 8.47. The lowest BCUT2D eigenvalue weighted by Gasteiger charge is -2.32. The van der Waals surface area contributed by atoms with Crippen molar-refractivity contribution in [3.05, 3.63) is 35.4 Å². The van der Waals surface area contributed by atoms with Gasteiger partial charge in [-0.05, 0) is 53.5 Å². The summed E-state index contributed by atoms with van der Waals surface area (Å²) in [5.41, 5.74) is 1.80. The van der Waals surface area contributed by atoms with Crippen LogP contribution >= 0.6 is 97.4 Å². The Morgan fingerprint density at radius 2 is 1.26 bits per heavy atom. The van der Waals surface area contributed by atoms with Gasteiger partial charge in [0.1, 0.15) is 0 Å². The van der Waals surface area contributed by atoms with E-state index in [0.29, 0.717) is 0 Å². The molecule has 0 spiro atoms. The maximum atomic E-state index is 8.47. The van der Waals surface area contributed by atoms with Gasteiger partial charge >= 0.3 is 0 Å². The Morgan fingerprint density at radius 3 is 1.48 bits per heavy atom. The van der Waals surface area contributed by atoms with E-state index in [1.54, 1.807) is 0 Å². The van der Waals surface area contributed by atoms with Crippen LogP contribution in [-0.4, -0.2) is 0 Å². The van der Waals surface area contributed by atoms with Crippen molar-refractivity contribution >= 4 is 97.4 Å². The van der Waals surface area contributed by atoms with Crippen LogP contribution in [0.4, 0.5) is 0 Å². The Morgan fingerprint density at radius 1 is 0.826 bits per heavy atom. The molecule has 0 saturated carbocycles. The van der Waals surface area contributed by atoms with Gasteiger partial charge in [0.2, 0.25) is 0 Å². The SMILES string of the molecule is CC.Cc1ccccc1C#N.PP(P)P(P)P(P(P)P)P(P)P. The smallest absolute Gasteiger partial charge is 0.0994 e. The van der Waals surface area contributed by atoms with Gasteiger partial charge in [-0.25, -0.2) is 0 Å². The van der Waals surface area contributed by atoms with Crippen molar-refractivity contribution in [3.63, 3.8) is 0 Å². The lowest BCUT2D eigenvalue weighted by molar-refractivity contribution is 1.39. The highest BCUT2D eigenvalue weighted by Gasteiger charge is 2.26. The third-order valence-electron chi connectivity index (χ3n) is 2.10. The van der Waals surface area contributed by atoms with Gasteiger partial charge in [-0.1, -0.05) is 32.0 Å². The third-order valence-corrected chi connectivity index (χ3v) is 68.7. The lowest BCUT2D eigenvalue weighted by Crippen LogP contribution is -1.77. The van der Waals surface area contributed by atoms with Gasteiger partial charge < -0.3 is 0 Å². The first kappa shape index (κ1) is 29.1. The highest BCUT2D eigenvalue weighted by molar-refractivity contribution is 9.21. The van der Waals surface area contributed by atoms with E-state index in [9.17, 15) is 0 Å². The summed E-state index contributed by atoms with van der Waals surface area (Å²) in [4.78, 5) is 0. The monoisotopic (exact) mass is 533 g/mol. The van der Waals surface area contributed by atoms with Crippen molar-refractivity contribution in [1.82, 2.24) is 0 Å². The van der Waals surface area contributed by atoms with Gasteiger partial charge in [0.15, 0.2) is 0 Å². The first-order valence-corrected chi connectivity index (χ1v) is 27.3. The third kappa shape index (κ3) is 13.6. The van der Waals surface area contributed by atoms with E-state index in [-0.39, 0.29) is 34.9 Å². The molecule has 0 aliphatic carbocycles. The fourth-order valence-corrected chi connectivity index (χ4v) is 104. The minimum atomic E-state index is 0.103. The van der Waals surface area contributed by atoms with Crippen LogP contribution in [0.25, 0.3) is 0 Å². The summed E-state index contributed by atoms with van der Waals surface area (Å²) in [6.45, 7) is 6.63. The number of nitriles is 1. The van der Waals surface area contributed by atoms with Gasteiger partial charge in [-0.3, -0.25) is 0 Å². The average molecular weight is 533 g/mol. The molecule has 0 bridgehead atoms. The van der Waals surface area contributed by atoms with Gasteiger partial charge in [0.25, 0.3) is 0 Å². The van der Waals surface area contributed by atoms with Crippen LogP contribution in [0.2, 0.25) is 0 Å². The van der Waals surface area contributed by atoms with Crippen molar-refractivity contribution in [2.75, 3.05) is 0 Å². The maximum Gasteiger partial charge on any atom is 0.0994 e. The van der Waals surface area contributed by atoms with E-state index in [0.717, 1.165) is 11.1 Å². The second kappa shape index (κ2) is 17.9. The second-order valence-corrected chi connectivity index (χ2v) is 48.6. The zero-order valence-corrected chi connectivity index (χ0v) is 26.1. The average Bonchev–Trinajstić information content (AvgIpc) is 2.49. The molecule has 13 heteroatoms. The van der Waals surface area contributed by atoms with Crippen LogP contribution in [0, 0.1) is 18.3 Å². The molecule has 1 rings (SSSR count). The molecule has 0 heterocycles. The first-order valence-electron chi connectivity index (χ1n) is 6.41. The van der Waals surface area contributed by atoms with E-state index in [1.165, 1.54) is 0 Å². The Labute approximate surface area is 164 Å². The molecule has 0 amide bonds. The van der Waals surface area contributed by atoms with Gasteiger partial charge in [0, 0.05) is 0 Å². The minimum Gasteiger partial charge on any atom is -0.192 e. The summed E-state index contributed by atoms with van der Waals surface area (Å²) in [6.07, 6.45) is 0. The van der Waals surface area contributed by atoms with E-state index < -0.39 is 0 Å². The minimum absolute atomic E-state index is 0.103. The molecule has 0 fully saturated rings. The molecule has 1 aromatic rings. The van der Waals surface area contributed by atoms with Gasteiger partial charge in [0.05, 0.1) is 11.6 Å². The number of aryl methyl sites for hydroxylation is 1. The molecule has 1 nitrogen and oxygen atoms in total. The number of rotatable bonds is 4. The summed E-state index contributed by atoms with van der Waals surface area (Å²) < 4.78 is 0. The molecule has 1 aromatic carbocycles. The number of hydrogen-bond donors (Lipinski definition) is 0. The molecular weight excluding hydrogens is 506 g/mol. The summed E-state index contributed by atoms with van der Waals surface area (Å²) in [5.74, 6) is 0. The molecule has 0 aliphatic rings. The molecule has 0 saturated heterocycles. The topological polar surface area (TPSA) is 23.8 Å². The van der Waals surface area contributed by atoms with E-state index in [1.807, 2.05) is 45.0 Å². The van der Waals surface area contributed by atoms with Crippen LogP contribution in [0.3, 0.4) is 0 Å². The number of benzene rings is 1. The Kier molecular flexibility index (Phi) is 22.7. The lowest BCUT2D eigenvalue weighted by atomic mass is 10.1. The first-order chi connectivity index (χ1) is 10.7. The van der Waals surface area contributed by atoms with Crippen LogP contribution < -0.4 is 0 Å². The van der Waals surface area contributed by atoms with Crippen LogP contribution in [0.15, 0.2) is 24.3 Å². The van der Waals surface area contributed by atoms with E-state index >= 15 is 0 Å². The van der Waals surface area contributed by atoms with Crippen molar-refractivity contribution in [2.45, 2.75) is 20.8 Å². The zero-order chi connectivity index (χ0) is 18.6. The van der Waals surface area contributed by atoms with Crippen LogP contribution in [-0.2, 0) is 0 Å². The van der Waals surface area contributed by atoms with Crippen molar-refractivity contribution < 1.29 is 0 Å². The quantitative estimate of drug-likeness (QED) is 0.354. The second-order valence-electron chi connectivity index (χ2n) is 3.66. The summed E-state index contributed by atoms with van der Waals surface area (Å²) in [7, 11) is 21.0. The number of nitrogens with zero attached hydrogens (tertiary/aromatic N) is 1. The largest absolute Gasteiger partial charge is 0.192 e. The predicted molar refractivity (Wildman–Crippen MR) is 150 cm³/mol. The zero-order valence-electron chi connectivity index (χ0n) is 13.5.